The molecule has 3 nitrogen and oxygen atoms in total. The second-order valence-corrected chi connectivity index (χ2v) is 4.17. The molecule has 0 fully saturated rings. The molecule has 15 heavy (non-hydrogen) atoms. The molecule has 0 aromatic heterocycles. The zero-order valence-electron chi connectivity index (χ0n) is 9.04. The van der Waals surface area contributed by atoms with Crippen LogP contribution >= 0.6 is 11.8 Å². The highest BCUT2D eigenvalue weighted by atomic mass is 32.2. The van der Waals surface area contributed by atoms with Crippen LogP contribution < -0.4 is 10.6 Å². The Labute approximate surface area is 94.6 Å². The van der Waals surface area contributed by atoms with Gasteiger partial charge in [-0.3, -0.25) is 4.79 Å². The van der Waals surface area contributed by atoms with E-state index in [9.17, 15) is 4.79 Å². The van der Waals surface area contributed by atoms with E-state index < -0.39 is 0 Å². The lowest BCUT2D eigenvalue weighted by Crippen LogP contribution is -2.07. The Morgan fingerprint density at radius 2 is 2.13 bits per heavy atom. The summed E-state index contributed by atoms with van der Waals surface area (Å²) in [6, 6.07) is 7.72. The Balaban J connectivity index is 2.53. The van der Waals surface area contributed by atoms with Gasteiger partial charge in [-0.2, -0.15) is 11.8 Å². The normalized spacial score (nSPS) is 9.73. The molecule has 0 bridgehead atoms. The number of thioether (sulfide) groups is 1. The van der Waals surface area contributed by atoms with Crippen molar-refractivity contribution in [3.05, 3.63) is 24.3 Å². The van der Waals surface area contributed by atoms with Crippen molar-refractivity contribution < 1.29 is 4.79 Å². The third kappa shape index (κ3) is 4.74. The summed E-state index contributed by atoms with van der Waals surface area (Å²) in [7, 11) is 0. The van der Waals surface area contributed by atoms with E-state index in [4.69, 9.17) is 0 Å². The summed E-state index contributed by atoms with van der Waals surface area (Å²) in [4.78, 5) is 10.8. The maximum absolute atomic E-state index is 10.8. The fourth-order valence-corrected chi connectivity index (χ4v) is 1.51. The largest absolute Gasteiger partial charge is 0.384 e. The van der Waals surface area contributed by atoms with Gasteiger partial charge < -0.3 is 10.6 Å². The smallest absolute Gasteiger partial charge is 0.221 e. The van der Waals surface area contributed by atoms with E-state index in [1.807, 2.05) is 24.3 Å². The highest BCUT2D eigenvalue weighted by Crippen LogP contribution is 2.14. The van der Waals surface area contributed by atoms with E-state index in [0.29, 0.717) is 0 Å². The molecule has 1 aromatic carbocycles. The van der Waals surface area contributed by atoms with Gasteiger partial charge in [0.2, 0.25) is 5.91 Å². The van der Waals surface area contributed by atoms with Gasteiger partial charge in [-0.05, 0) is 24.5 Å². The van der Waals surface area contributed by atoms with Crippen molar-refractivity contribution in [3.8, 4) is 0 Å². The molecular weight excluding hydrogens is 208 g/mol. The van der Waals surface area contributed by atoms with E-state index in [1.54, 1.807) is 11.8 Å². The Kier molecular flexibility index (Phi) is 5.04. The summed E-state index contributed by atoms with van der Waals surface area (Å²) >= 11 is 1.80. The van der Waals surface area contributed by atoms with Crippen LogP contribution in [0.2, 0.25) is 0 Å². The number of nitrogens with one attached hydrogen (secondary N) is 2. The molecular formula is C11H16N2OS. The van der Waals surface area contributed by atoms with Gasteiger partial charge in [0.05, 0.1) is 0 Å². The number of carbonyl (C=O) groups is 1. The first-order chi connectivity index (χ1) is 7.22. The van der Waals surface area contributed by atoms with Crippen molar-refractivity contribution in [2.75, 3.05) is 29.2 Å². The van der Waals surface area contributed by atoms with E-state index in [1.165, 1.54) is 6.92 Å². The fourth-order valence-electron chi connectivity index (χ4n) is 1.21. The fraction of sp³-hybridized carbons (Fsp3) is 0.364. The molecule has 0 atom stereocenters. The van der Waals surface area contributed by atoms with Crippen molar-refractivity contribution in [3.63, 3.8) is 0 Å². The third-order valence-corrected chi connectivity index (χ3v) is 2.43. The zero-order valence-corrected chi connectivity index (χ0v) is 9.86. The van der Waals surface area contributed by atoms with Gasteiger partial charge in [-0.15, -0.1) is 0 Å². The molecule has 0 aliphatic rings. The Bertz CT molecular complexity index is 328. The van der Waals surface area contributed by atoms with E-state index in [0.717, 1.165) is 23.7 Å². The minimum absolute atomic E-state index is 0.0451. The summed E-state index contributed by atoms with van der Waals surface area (Å²) in [6.45, 7) is 2.44. The SMILES string of the molecule is CSCCNc1cccc(NC(C)=O)c1. The molecule has 1 rings (SSSR count). The number of hydrogen-bond donors (Lipinski definition) is 2. The Hall–Kier alpha value is -1.16. The molecule has 0 unspecified atom stereocenters. The second-order valence-electron chi connectivity index (χ2n) is 3.18. The lowest BCUT2D eigenvalue weighted by Gasteiger charge is -2.07. The molecule has 0 radical (unpaired) electrons. The summed E-state index contributed by atoms with van der Waals surface area (Å²) in [6.07, 6.45) is 2.08. The number of carbonyl (C=O) groups excluding carboxylic acids is 1. The van der Waals surface area contributed by atoms with Crippen LogP contribution in [0.1, 0.15) is 6.92 Å². The average molecular weight is 224 g/mol. The number of anilines is 2. The van der Waals surface area contributed by atoms with Gasteiger partial charge in [0.25, 0.3) is 0 Å². The van der Waals surface area contributed by atoms with Gasteiger partial charge >= 0.3 is 0 Å². The molecule has 2 N–H and O–H groups in total. The van der Waals surface area contributed by atoms with Gasteiger partial charge in [0, 0.05) is 30.6 Å². The average Bonchev–Trinajstić information content (AvgIpc) is 2.18. The van der Waals surface area contributed by atoms with E-state index in [-0.39, 0.29) is 5.91 Å². The van der Waals surface area contributed by atoms with Gasteiger partial charge in [0.1, 0.15) is 0 Å². The zero-order chi connectivity index (χ0) is 11.1. The molecule has 1 amide bonds. The molecule has 4 heteroatoms. The Morgan fingerprint density at radius 1 is 1.40 bits per heavy atom. The van der Waals surface area contributed by atoms with Crippen molar-refractivity contribution >= 4 is 29.0 Å². The number of benzene rings is 1. The molecule has 82 valence electrons. The molecule has 0 spiro atoms. The quantitative estimate of drug-likeness (QED) is 0.755. The lowest BCUT2D eigenvalue weighted by molar-refractivity contribution is -0.114. The minimum atomic E-state index is -0.0451. The standard InChI is InChI=1S/C11H16N2OS/c1-9(14)13-11-5-3-4-10(8-11)12-6-7-15-2/h3-5,8,12H,6-7H2,1-2H3,(H,13,14). The monoisotopic (exact) mass is 224 g/mol. The van der Waals surface area contributed by atoms with E-state index in [2.05, 4.69) is 16.9 Å². The molecule has 0 saturated carbocycles. The molecule has 0 saturated heterocycles. The van der Waals surface area contributed by atoms with Crippen LogP contribution in [0.25, 0.3) is 0 Å². The number of amides is 1. The molecule has 1 aromatic rings. The van der Waals surface area contributed by atoms with E-state index >= 15 is 0 Å². The molecule has 0 aliphatic carbocycles. The first-order valence-corrected chi connectivity index (χ1v) is 6.22. The van der Waals surface area contributed by atoms with Gasteiger partial charge in [-0.1, -0.05) is 6.07 Å². The predicted octanol–water partition coefficient (Wildman–Crippen LogP) is 2.42. The number of hydrogen-bond acceptors (Lipinski definition) is 3. The first kappa shape index (κ1) is 11.9. The summed E-state index contributed by atoms with van der Waals surface area (Å²) < 4.78 is 0. The third-order valence-electron chi connectivity index (χ3n) is 1.82. The molecule has 0 heterocycles. The Morgan fingerprint density at radius 3 is 2.80 bits per heavy atom. The van der Waals surface area contributed by atoms with Crippen LogP contribution in [0.4, 0.5) is 11.4 Å². The van der Waals surface area contributed by atoms with Crippen molar-refractivity contribution in [1.29, 1.82) is 0 Å². The van der Waals surface area contributed by atoms with Crippen LogP contribution in [-0.4, -0.2) is 24.5 Å². The second kappa shape index (κ2) is 6.35. The summed E-state index contributed by atoms with van der Waals surface area (Å²) in [5.41, 5.74) is 1.87. The maximum Gasteiger partial charge on any atom is 0.221 e. The van der Waals surface area contributed by atoms with Gasteiger partial charge in [-0.25, -0.2) is 0 Å². The highest BCUT2D eigenvalue weighted by Gasteiger charge is 1.96. The topological polar surface area (TPSA) is 41.1 Å². The van der Waals surface area contributed by atoms with Crippen LogP contribution in [0.5, 0.6) is 0 Å². The highest BCUT2D eigenvalue weighted by molar-refractivity contribution is 7.98. The summed E-state index contributed by atoms with van der Waals surface area (Å²) in [5.74, 6) is 1.03. The minimum Gasteiger partial charge on any atom is -0.384 e. The van der Waals surface area contributed by atoms with Crippen LogP contribution in [0, 0.1) is 0 Å². The summed E-state index contributed by atoms with van der Waals surface area (Å²) in [5, 5.41) is 6.04. The maximum atomic E-state index is 10.8. The van der Waals surface area contributed by atoms with Gasteiger partial charge in [0.15, 0.2) is 0 Å². The van der Waals surface area contributed by atoms with Crippen molar-refractivity contribution in [2.45, 2.75) is 6.92 Å². The molecule has 0 aliphatic heterocycles. The van der Waals surface area contributed by atoms with Crippen LogP contribution in [0.15, 0.2) is 24.3 Å². The number of rotatable bonds is 5. The van der Waals surface area contributed by atoms with Crippen LogP contribution in [0.3, 0.4) is 0 Å². The lowest BCUT2D eigenvalue weighted by atomic mass is 10.2. The van der Waals surface area contributed by atoms with Crippen molar-refractivity contribution in [2.24, 2.45) is 0 Å². The predicted molar refractivity (Wildman–Crippen MR) is 67.6 cm³/mol. The van der Waals surface area contributed by atoms with Crippen molar-refractivity contribution in [1.82, 2.24) is 0 Å². The first-order valence-electron chi connectivity index (χ1n) is 4.83. The van der Waals surface area contributed by atoms with Crippen LogP contribution in [-0.2, 0) is 4.79 Å².